The van der Waals surface area contributed by atoms with E-state index in [-0.39, 0.29) is 12.3 Å². The Kier molecular flexibility index (Phi) is 4.66. The lowest BCUT2D eigenvalue weighted by molar-refractivity contribution is -0.118. The van der Waals surface area contributed by atoms with Gasteiger partial charge in [-0.25, -0.2) is 4.98 Å². The van der Waals surface area contributed by atoms with Gasteiger partial charge in [-0.05, 0) is 18.2 Å². The minimum atomic E-state index is -0.394. The molecule has 0 aliphatic heterocycles. The SMILES string of the molecule is NC(=O)CCn1ccc(NC(=O)C=Cc2nc3ccccc3s2)n1. The second-order valence-corrected chi connectivity index (χ2v) is 6.09. The van der Waals surface area contributed by atoms with Gasteiger partial charge in [0.1, 0.15) is 5.01 Å². The highest BCUT2D eigenvalue weighted by molar-refractivity contribution is 7.19. The van der Waals surface area contributed by atoms with Crippen LogP contribution in [-0.4, -0.2) is 26.6 Å². The number of nitrogens with two attached hydrogens (primary N) is 1. The van der Waals surface area contributed by atoms with E-state index < -0.39 is 5.91 Å². The number of amides is 2. The summed E-state index contributed by atoms with van der Waals surface area (Å²) in [4.78, 5) is 27.1. The molecule has 0 atom stereocenters. The van der Waals surface area contributed by atoms with Crippen LogP contribution in [0.1, 0.15) is 11.4 Å². The van der Waals surface area contributed by atoms with E-state index in [2.05, 4.69) is 15.4 Å². The van der Waals surface area contributed by atoms with Crippen LogP contribution in [0.3, 0.4) is 0 Å². The van der Waals surface area contributed by atoms with E-state index in [1.807, 2.05) is 24.3 Å². The normalized spacial score (nSPS) is 11.2. The fraction of sp³-hybridized carbons (Fsp3) is 0.125. The maximum atomic E-state index is 11.9. The van der Waals surface area contributed by atoms with Gasteiger partial charge in [0.2, 0.25) is 11.8 Å². The molecular weight excluding hydrogens is 326 g/mol. The number of thiazole rings is 1. The summed E-state index contributed by atoms with van der Waals surface area (Å²) in [7, 11) is 0. The third-order valence-electron chi connectivity index (χ3n) is 3.17. The molecule has 8 heteroatoms. The Morgan fingerprint density at radius 3 is 2.92 bits per heavy atom. The molecule has 0 aliphatic carbocycles. The highest BCUT2D eigenvalue weighted by Crippen LogP contribution is 2.22. The Bertz CT molecular complexity index is 879. The molecule has 1 aromatic carbocycles. The average molecular weight is 341 g/mol. The van der Waals surface area contributed by atoms with E-state index in [1.54, 1.807) is 23.0 Å². The molecule has 0 spiro atoms. The van der Waals surface area contributed by atoms with E-state index in [9.17, 15) is 9.59 Å². The van der Waals surface area contributed by atoms with Gasteiger partial charge in [0.15, 0.2) is 5.82 Å². The molecule has 3 rings (SSSR count). The number of benzene rings is 1. The fourth-order valence-electron chi connectivity index (χ4n) is 2.05. The lowest BCUT2D eigenvalue weighted by Crippen LogP contribution is -2.14. The molecule has 0 saturated heterocycles. The van der Waals surface area contributed by atoms with Crippen molar-refractivity contribution in [1.82, 2.24) is 14.8 Å². The lowest BCUT2D eigenvalue weighted by atomic mass is 10.3. The van der Waals surface area contributed by atoms with Crippen LogP contribution in [0.4, 0.5) is 5.82 Å². The molecule has 0 saturated carbocycles. The van der Waals surface area contributed by atoms with Gasteiger partial charge in [-0.2, -0.15) is 5.10 Å². The van der Waals surface area contributed by atoms with Crippen molar-refractivity contribution in [2.45, 2.75) is 13.0 Å². The Hall–Kier alpha value is -3.00. The number of hydrogen-bond donors (Lipinski definition) is 2. The monoisotopic (exact) mass is 341 g/mol. The lowest BCUT2D eigenvalue weighted by Gasteiger charge is -1.98. The van der Waals surface area contributed by atoms with Gasteiger partial charge in [-0.3, -0.25) is 14.3 Å². The topological polar surface area (TPSA) is 103 Å². The number of primary amides is 1. The van der Waals surface area contributed by atoms with Gasteiger partial charge in [-0.1, -0.05) is 12.1 Å². The first-order valence-electron chi connectivity index (χ1n) is 7.26. The fourth-order valence-corrected chi connectivity index (χ4v) is 2.92. The first-order chi connectivity index (χ1) is 11.6. The molecule has 0 unspecified atom stereocenters. The Balaban J connectivity index is 1.59. The van der Waals surface area contributed by atoms with Gasteiger partial charge >= 0.3 is 0 Å². The molecule has 3 aromatic rings. The van der Waals surface area contributed by atoms with Crippen LogP contribution < -0.4 is 11.1 Å². The summed E-state index contributed by atoms with van der Waals surface area (Å²) in [5.74, 6) is -0.275. The van der Waals surface area contributed by atoms with Gasteiger partial charge in [-0.15, -0.1) is 11.3 Å². The highest BCUT2D eigenvalue weighted by atomic mass is 32.1. The molecule has 3 N–H and O–H groups in total. The third kappa shape index (κ3) is 4.05. The van der Waals surface area contributed by atoms with E-state index >= 15 is 0 Å². The van der Waals surface area contributed by atoms with Crippen molar-refractivity contribution in [1.29, 1.82) is 0 Å². The number of aromatic nitrogens is 3. The quantitative estimate of drug-likeness (QED) is 0.669. The van der Waals surface area contributed by atoms with Crippen molar-refractivity contribution in [3.63, 3.8) is 0 Å². The van der Waals surface area contributed by atoms with Crippen LogP contribution in [0.25, 0.3) is 16.3 Å². The second kappa shape index (κ2) is 7.05. The summed E-state index contributed by atoms with van der Waals surface area (Å²) in [6.07, 6.45) is 4.96. The van der Waals surface area contributed by atoms with E-state index in [0.717, 1.165) is 15.2 Å². The predicted molar refractivity (Wildman–Crippen MR) is 93.3 cm³/mol. The Morgan fingerprint density at radius 2 is 2.12 bits per heavy atom. The number of rotatable bonds is 6. The summed E-state index contributed by atoms with van der Waals surface area (Å²) >= 11 is 1.52. The number of para-hydroxylation sites is 1. The minimum absolute atomic E-state index is 0.201. The highest BCUT2D eigenvalue weighted by Gasteiger charge is 2.04. The van der Waals surface area contributed by atoms with Crippen LogP contribution in [-0.2, 0) is 16.1 Å². The smallest absolute Gasteiger partial charge is 0.249 e. The summed E-state index contributed by atoms with van der Waals surface area (Å²) in [6, 6.07) is 9.46. The van der Waals surface area contributed by atoms with Gasteiger partial charge in [0.25, 0.3) is 0 Å². The number of nitrogens with zero attached hydrogens (tertiary/aromatic N) is 3. The van der Waals surface area contributed by atoms with Gasteiger partial charge in [0.05, 0.1) is 10.2 Å². The number of carbonyl (C=O) groups is 2. The number of nitrogens with one attached hydrogen (secondary N) is 1. The van der Waals surface area contributed by atoms with Crippen LogP contribution in [0.15, 0.2) is 42.6 Å². The zero-order chi connectivity index (χ0) is 16.9. The summed E-state index contributed by atoms with van der Waals surface area (Å²) in [5.41, 5.74) is 6.00. The van der Waals surface area contributed by atoms with E-state index in [0.29, 0.717) is 12.4 Å². The van der Waals surface area contributed by atoms with Crippen molar-refractivity contribution in [2.75, 3.05) is 5.32 Å². The van der Waals surface area contributed by atoms with Gasteiger partial charge in [0, 0.05) is 31.3 Å². The van der Waals surface area contributed by atoms with Crippen LogP contribution in [0.2, 0.25) is 0 Å². The largest absolute Gasteiger partial charge is 0.370 e. The first-order valence-corrected chi connectivity index (χ1v) is 8.08. The van der Waals surface area contributed by atoms with Crippen LogP contribution in [0.5, 0.6) is 0 Å². The molecule has 122 valence electrons. The molecule has 0 aliphatic rings. The molecule has 2 aromatic heterocycles. The molecule has 2 heterocycles. The number of anilines is 1. The number of fused-ring (bicyclic) bond motifs is 1. The number of hydrogen-bond acceptors (Lipinski definition) is 5. The van der Waals surface area contributed by atoms with Crippen molar-refractivity contribution >= 4 is 45.3 Å². The van der Waals surface area contributed by atoms with Crippen molar-refractivity contribution in [2.24, 2.45) is 5.73 Å². The zero-order valence-electron chi connectivity index (χ0n) is 12.7. The van der Waals surface area contributed by atoms with Crippen molar-refractivity contribution < 1.29 is 9.59 Å². The van der Waals surface area contributed by atoms with Crippen LogP contribution >= 0.6 is 11.3 Å². The van der Waals surface area contributed by atoms with E-state index in [1.165, 1.54) is 17.4 Å². The first kappa shape index (κ1) is 15.9. The molecule has 24 heavy (non-hydrogen) atoms. The maximum absolute atomic E-state index is 11.9. The summed E-state index contributed by atoms with van der Waals surface area (Å²) in [5, 5.41) is 7.56. The minimum Gasteiger partial charge on any atom is -0.370 e. The van der Waals surface area contributed by atoms with E-state index in [4.69, 9.17) is 5.73 Å². The maximum Gasteiger partial charge on any atom is 0.249 e. The number of carbonyl (C=O) groups excluding carboxylic acids is 2. The Morgan fingerprint density at radius 1 is 1.29 bits per heavy atom. The molecule has 0 radical (unpaired) electrons. The summed E-state index contributed by atoms with van der Waals surface area (Å²) in [6.45, 7) is 0.382. The van der Waals surface area contributed by atoms with Crippen molar-refractivity contribution in [3.05, 3.63) is 47.6 Å². The molecule has 0 fully saturated rings. The summed E-state index contributed by atoms with van der Waals surface area (Å²) < 4.78 is 2.63. The second-order valence-electron chi connectivity index (χ2n) is 5.02. The standard InChI is InChI=1S/C16H15N5O2S/c17-13(22)7-9-21-10-8-14(20-21)19-15(23)5-6-16-18-11-3-1-2-4-12(11)24-16/h1-6,8,10H,7,9H2,(H2,17,22)(H,19,20,23). The molecule has 7 nitrogen and oxygen atoms in total. The predicted octanol–water partition coefficient (Wildman–Crippen LogP) is 2.02. The molecule has 2 amide bonds. The number of aryl methyl sites for hydroxylation is 1. The third-order valence-corrected chi connectivity index (χ3v) is 4.17. The zero-order valence-corrected chi connectivity index (χ0v) is 13.5. The Labute approximate surface area is 141 Å². The molecule has 0 bridgehead atoms. The average Bonchev–Trinajstić information content (AvgIpc) is 3.17. The van der Waals surface area contributed by atoms with Crippen molar-refractivity contribution in [3.8, 4) is 0 Å². The molecular formula is C16H15N5O2S. The van der Waals surface area contributed by atoms with Gasteiger partial charge < -0.3 is 11.1 Å². The van der Waals surface area contributed by atoms with Crippen LogP contribution in [0, 0.1) is 0 Å².